The zero-order valence-electron chi connectivity index (χ0n) is 11.6. The molecular formula is C21H13. The molecule has 0 atom stereocenters. The van der Waals surface area contributed by atoms with Gasteiger partial charge in [0, 0.05) is 0 Å². The van der Waals surface area contributed by atoms with Crippen LogP contribution in [0, 0.1) is 6.07 Å². The summed E-state index contributed by atoms with van der Waals surface area (Å²) in [5.74, 6) is 0. The molecule has 0 N–H and O–H groups in total. The van der Waals surface area contributed by atoms with Gasteiger partial charge in [-0.1, -0.05) is 54.6 Å². The van der Waals surface area contributed by atoms with E-state index in [1.54, 1.807) is 0 Å². The van der Waals surface area contributed by atoms with Gasteiger partial charge in [-0.25, -0.2) is 0 Å². The summed E-state index contributed by atoms with van der Waals surface area (Å²) in [5.41, 5.74) is 5.70. The Morgan fingerprint density at radius 2 is 1.71 bits per heavy atom. The Kier molecular flexibility index (Phi) is 2.09. The van der Waals surface area contributed by atoms with Gasteiger partial charge in [-0.15, -0.1) is 0 Å². The van der Waals surface area contributed by atoms with Crippen LogP contribution in [-0.4, -0.2) is 0 Å². The predicted molar refractivity (Wildman–Crippen MR) is 88.5 cm³/mol. The van der Waals surface area contributed by atoms with E-state index in [1.165, 1.54) is 43.8 Å². The molecule has 0 fully saturated rings. The van der Waals surface area contributed by atoms with Gasteiger partial charge in [0.2, 0.25) is 0 Å². The van der Waals surface area contributed by atoms with Gasteiger partial charge >= 0.3 is 0 Å². The standard InChI is InChI=1S/C21H13/c1-2-6-15-13-20-17(11-14(15)5-1)9-10-18-12-16-7-3-4-8-19(16)21(18)20/h1-5,7-11,13H,12H2. The van der Waals surface area contributed by atoms with Gasteiger partial charge < -0.3 is 0 Å². The Morgan fingerprint density at radius 1 is 0.762 bits per heavy atom. The third-order valence-corrected chi connectivity index (χ3v) is 4.55. The second-order valence-electron chi connectivity index (χ2n) is 5.76. The van der Waals surface area contributed by atoms with E-state index >= 15 is 0 Å². The third-order valence-electron chi connectivity index (χ3n) is 4.55. The molecule has 0 saturated heterocycles. The van der Waals surface area contributed by atoms with Gasteiger partial charge in [0.15, 0.2) is 0 Å². The van der Waals surface area contributed by atoms with Gasteiger partial charge in [-0.3, -0.25) is 0 Å². The van der Waals surface area contributed by atoms with Gasteiger partial charge in [-0.05, 0) is 68.4 Å². The molecule has 5 rings (SSSR count). The molecule has 0 heterocycles. The first kappa shape index (κ1) is 11.1. The molecule has 1 aliphatic rings. The lowest BCUT2D eigenvalue weighted by molar-refractivity contribution is 1.27. The highest BCUT2D eigenvalue weighted by Crippen LogP contribution is 2.42. The second-order valence-corrected chi connectivity index (χ2v) is 5.76. The van der Waals surface area contributed by atoms with Gasteiger partial charge in [0.05, 0.1) is 0 Å². The van der Waals surface area contributed by atoms with Crippen molar-refractivity contribution < 1.29 is 0 Å². The minimum Gasteiger partial charge on any atom is -0.0619 e. The molecule has 0 spiro atoms. The summed E-state index contributed by atoms with van der Waals surface area (Å²) in [6.45, 7) is 0. The molecule has 21 heavy (non-hydrogen) atoms. The van der Waals surface area contributed by atoms with Gasteiger partial charge in [-0.2, -0.15) is 0 Å². The summed E-state index contributed by atoms with van der Waals surface area (Å²) < 4.78 is 0. The van der Waals surface area contributed by atoms with Crippen LogP contribution in [0.3, 0.4) is 0 Å². The summed E-state index contributed by atoms with van der Waals surface area (Å²) in [5, 5.41) is 5.13. The average Bonchev–Trinajstić information content (AvgIpc) is 2.92. The minimum absolute atomic E-state index is 1.05. The number of rotatable bonds is 0. The van der Waals surface area contributed by atoms with Crippen molar-refractivity contribution >= 4 is 21.5 Å². The Morgan fingerprint density at radius 3 is 2.71 bits per heavy atom. The molecule has 4 aromatic rings. The summed E-state index contributed by atoms with van der Waals surface area (Å²) >= 11 is 0. The molecular weight excluding hydrogens is 252 g/mol. The Bertz CT molecular complexity index is 1010. The van der Waals surface area contributed by atoms with Crippen LogP contribution in [0.2, 0.25) is 0 Å². The van der Waals surface area contributed by atoms with E-state index in [9.17, 15) is 0 Å². The Balaban J connectivity index is 1.95. The fourth-order valence-corrected chi connectivity index (χ4v) is 3.58. The van der Waals surface area contributed by atoms with Crippen molar-refractivity contribution in [2.45, 2.75) is 6.42 Å². The molecule has 0 aromatic heterocycles. The zero-order chi connectivity index (χ0) is 13.8. The number of hydrogen-bond donors (Lipinski definition) is 0. The number of hydrogen-bond acceptors (Lipinski definition) is 0. The van der Waals surface area contributed by atoms with Crippen LogP contribution in [0.5, 0.6) is 0 Å². The van der Waals surface area contributed by atoms with Crippen LogP contribution in [0.4, 0.5) is 0 Å². The topological polar surface area (TPSA) is 0 Å². The fourth-order valence-electron chi connectivity index (χ4n) is 3.58. The Hall–Kier alpha value is -2.60. The summed E-state index contributed by atoms with van der Waals surface area (Å²) in [6, 6.07) is 27.5. The summed E-state index contributed by atoms with van der Waals surface area (Å²) in [7, 11) is 0. The van der Waals surface area contributed by atoms with E-state index in [0.717, 1.165) is 6.42 Å². The lowest BCUT2D eigenvalue weighted by Crippen LogP contribution is -1.83. The van der Waals surface area contributed by atoms with E-state index in [0.29, 0.717) is 0 Å². The maximum atomic E-state index is 3.36. The van der Waals surface area contributed by atoms with E-state index < -0.39 is 0 Å². The lowest BCUT2D eigenvalue weighted by Gasteiger charge is -2.08. The minimum atomic E-state index is 1.05. The third kappa shape index (κ3) is 1.50. The maximum Gasteiger partial charge on any atom is -0.00132 e. The molecule has 1 radical (unpaired) electrons. The van der Waals surface area contributed by atoms with Crippen molar-refractivity contribution in [1.29, 1.82) is 0 Å². The van der Waals surface area contributed by atoms with Crippen molar-refractivity contribution in [2.75, 3.05) is 0 Å². The molecule has 0 saturated carbocycles. The normalized spacial score (nSPS) is 12.6. The van der Waals surface area contributed by atoms with Crippen LogP contribution < -0.4 is 0 Å². The first-order valence-electron chi connectivity index (χ1n) is 7.34. The first-order chi connectivity index (χ1) is 10.4. The van der Waals surface area contributed by atoms with E-state index in [4.69, 9.17) is 0 Å². The highest BCUT2D eigenvalue weighted by Gasteiger charge is 2.20. The average molecular weight is 265 g/mol. The van der Waals surface area contributed by atoms with Crippen molar-refractivity contribution in [3.63, 3.8) is 0 Å². The quantitative estimate of drug-likeness (QED) is 0.330. The van der Waals surface area contributed by atoms with Crippen LogP contribution in [0.25, 0.3) is 32.7 Å². The molecule has 0 aliphatic heterocycles. The van der Waals surface area contributed by atoms with Crippen LogP contribution in [0.15, 0.2) is 66.7 Å². The van der Waals surface area contributed by atoms with Crippen LogP contribution >= 0.6 is 0 Å². The van der Waals surface area contributed by atoms with Crippen LogP contribution in [-0.2, 0) is 6.42 Å². The highest BCUT2D eigenvalue weighted by molar-refractivity contribution is 6.07. The second kappa shape index (κ2) is 3.95. The summed E-state index contributed by atoms with van der Waals surface area (Å²) in [6.07, 6.45) is 1.05. The summed E-state index contributed by atoms with van der Waals surface area (Å²) in [4.78, 5) is 0. The lowest BCUT2D eigenvalue weighted by atomic mass is 9.95. The van der Waals surface area contributed by atoms with E-state index in [-0.39, 0.29) is 0 Å². The largest absolute Gasteiger partial charge is 0.0619 e. The highest BCUT2D eigenvalue weighted by atomic mass is 14.2. The number of benzene rings is 4. The smallest absolute Gasteiger partial charge is 0.00132 e. The maximum absolute atomic E-state index is 3.36. The molecule has 0 unspecified atom stereocenters. The van der Waals surface area contributed by atoms with Crippen molar-refractivity contribution in [3.05, 3.63) is 83.9 Å². The molecule has 0 heteroatoms. The van der Waals surface area contributed by atoms with Gasteiger partial charge in [0.25, 0.3) is 0 Å². The van der Waals surface area contributed by atoms with E-state index in [1.807, 2.05) is 6.07 Å². The fraction of sp³-hybridized carbons (Fsp3) is 0.0476. The number of fused-ring (bicyclic) bond motifs is 6. The predicted octanol–water partition coefficient (Wildman–Crippen LogP) is 5.36. The molecule has 0 bridgehead atoms. The van der Waals surface area contributed by atoms with Crippen molar-refractivity contribution in [3.8, 4) is 11.1 Å². The van der Waals surface area contributed by atoms with Gasteiger partial charge in [0.1, 0.15) is 0 Å². The van der Waals surface area contributed by atoms with Crippen LogP contribution in [0.1, 0.15) is 11.1 Å². The first-order valence-corrected chi connectivity index (χ1v) is 7.34. The SMILES string of the molecule is [c]1cccc2cc3ccc4c(c3cc12)-c1ccccc1C4. The monoisotopic (exact) mass is 265 g/mol. The molecule has 97 valence electrons. The zero-order valence-corrected chi connectivity index (χ0v) is 11.6. The molecule has 4 aromatic carbocycles. The van der Waals surface area contributed by atoms with Crippen molar-refractivity contribution in [2.24, 2.45) is 0 Å². The van der Waals surface area contributed by atoms with Crippen molar-refractivity contribution in [1.82, 2.24) is 0 Å². The Labute approximate surface area is 123 Å². The molecule has 1 aliphatic carbocycles. The molecule has 0 amide bonds. The molecule has 0 nitrogen and oxygen atoms in total. The van der Waals surface area contributed by atoms with E-state index in [2.05, 4.69) is 66.7 Å².